The van der Waals surface area contributed by atoms with Crippen molar-refractivity contribution < 1.29 is 17.9 Å². The van der Waals surface area contributed by atoms with Gasteiger partial charge in [-0.1, -0.05) is 30.3 Å². The van der Waals surface area contributed by atoms with Crippen molar-refractivity contribution in [3.63, 3.8) is 0 Å². The Balaban J connectivity index is 1.72. The number of sulfonamides is 1. The molecule has 3 aromatic carbocycles. The van der Waals surface area contributed by atoms with Gasteiger partial charge in [-0.3, -0.25) is 9.52 Å². The van der Waals surface area contributed by atoms with E-state index in [-0.39, 0.29) is 10.8 Å². The molecule has 0 atom stereocenters. The van der Waals surface area contributed by atoms with E-state index in [1.807, 2.05) is 31.2 Å². The summed E-state index contributed by atoms with van der Waals surface area (Å²) in [5, 5.41) is 2.87. The molecule has 0 saturated heterocycles. The lowest BCUT2D eigenvalue weighted by Crippen LogP contribution is -2.26. The summed E-state index contributed by atoms with van der Waals surface area (Å²) in [6, 6.07) is 19.3. The molecule has 7 heteroatoms. The average molecular weight is 439 g/mol. The molecule has 0 aliphatic rings. The second-order valence-electron chi connectivity index (χ2n) is 7.25. The van der Waals surface area contributed by atoms with Crippen LogP contribution in [0.5, 0.6) is 5.75 Å². The first kappa shape index (κ1) is 22.4. The summed E-state index contributed by atoms with van der Waals surface area (Å²) in [6.07, 6.45) is 0.703. The number of carbonyl (C=O) groups excluding carboxylic acids is 1. The van der Waals surface area contributed by atoms with Crippen LogP contribution >= 0.6 is 0 Å². The van der Waals surface area contributed by atoms with Gasteiger partial charge in [-0.25, -0.2) is 8.42 Å². The lowest BCUT2D eigenvalue weighted by Gasteiger charge is -2.13. The minimum absolute atomic E-state index is 0.0647. The van der Waals surface area contributed by atoms with Crippen LogP contribution in [-0.4, -0.2) is 28.0 Å². The topological polar surface area (TPSA) is 84.5 Å². The molecule has 3 aromatic rings. The number of ether oxygens (including phenoxy) is 1. The Morgan fingerprint density at radius 3 is 2.32 bits per heavy atom. The second kappa shape index (κ2) is 9.66. The number of hydrogen-bond acceptors (Lipinski definition) is 4. The summed E-state index contributed by atoms with van der Waals surface area (Å²) < 4.78 is 33.5. The summed E-state index contributed by atoms with van der Waals surface area (Å²) in [5.41, 5.74) is 3.60. The zero-order chi connectivity index (χ0) is 22.4. The highest BCUT2D eigenvalue weighted by atomic mass is 32.2. The summed E-state index contributed by atoms with van der Waals surface area (Å²) >= 11 is 0. The fourth-order valence-electron chi connectivity index (χ4n) is 3.20. The minimum Gasteiger partial charge on any atom is -0.497 e. The number of nitrogens with one attached hydrogen (secondary N) is 2. The maximum absolute atomic E-state index is 12.9. The highest BCUT2D eigenvalue weighted by Crippen LogP contribution is 2.22. The Bertz CT molecular complexity index is 1170. The maximum Gasteiger partial charge on any atom is 0.262 e. The molecular weight excluding hydrogens is 412 g/mol. The summed E-state index contributed by atoms with van der Waals surface area (Å²) in [6.45, 7) is 4.19. The predicted octanol–water partition coefficient (Wildman–Crippen LogP) is 4.09. The number of carbonyl (C=O) groups is 1. The number of methoxy groups -OCH3 is 1. The van der Waals surface area contributed by atoms with Crippen molar-refractivity contribution in [3.8, 4) is 5.75 Å². The monoisotopic (exact) mass is 438 g/mol. The van der Waals surface area contributed by atoms with E-state index in [1.165, 1.54) is 17.2 Å². The van der Waals surface area contributed by atoms with Crippen LogP contribution < -0.4 is 14.8 Å². The Labute approximate surface area is 183 Å². The van der Waals surface area contributed by atoms with Gasteiger partial charge in [0.1, 0.15) is 5.75 Å². The number of benzene rings is 3. The maximum atomic E-state index is 12.9. The van der Waals surface area contributed by atoms with E-state index in [9.17, 15) is 13.2 Å². The molecule has 0 radical (unpaired) electrons. The molecule has 0 saturated carbocycles. The second-order valence-corrected chi connectivity index (χ2v) is 8.90. The van der Waals surface area contributed by atoms with Crippen molar-refractivity contribution in [3.05, 3.63) is 89.0 Å². The van der Waals surface area contributed by atoms with Crippen molar-refractivity contribution in [2.75, 3.05) is 18.4 Å². The van der Waals surface area contributed by atoms with Crippen molar-refractivity contribution >= 4 is 21.6 Å². The van der Waals surface area contributed by atoms with Gasteiger partial charge in [0.15, 0.2) is 0 Å². The quantitative estimate of drug-likeness (QED) is 0.555. The molecule has 0 aliphatic carbocycles. The summed E-state index contributed by atoms with van der Waals surface area (Å²) in [7, 11) is -2.32. The molecule has 0 spiro atoms. The molecular formula is C24H26N2O4S. The Kier molecular flexibility index (Phi) is 6.97. The van der Waals surface area contributed by atoms with Gasteiger partial charge >= 0.3 is 0 Å². The molecule has 0 fully saturated rings. The number of aryl methyl sites for hydroxylation is 2. The largest absolute Gasteiger partial charge is 0.497 e. The van der Waals surface area contributed by atoms with Crippen molar-refractivity contribution in [1.29, 1.82) is 0 Å². The van der Waals surface area contributed by atoms with Crippen molar-refractivity contribution in [1.82, 2.24) is 5.32 Å². The van der Waals surface area contributed by atoms with E-state index in [0.29, 0.717) is 35.5 Å². The van der Waals surface area contributed by atoms with Crippen LogP contribution in [0, 0.1) is 13.8 Å². The first-order chi connectivity index (χ1) is 14.8. The van der Waals surface area contributed by atoms with E-state index < -0.39 is 10.0 Å². The van der Waals surface area contributed by atoms with Crippen LogP contribution in [0.15, 0.2) is 71.6 Å². The SMILES string of the molecule is COc1ccc(NS(=O)(=O)c2cc(C(=O)NCCc3ccccc3C)ccc2C)cc1. The summed E-state index contributed by atoms with van der Waals surface area (Å²) in [5.74, 6) is 0.318. The molecule has 3 rings (SSSR count). The smallest absolute Gasteiger partial charge is 0.262 e. The third-order valence-electron chi connectivity index (χ3n) is 5.02. The Hall–Kier alpha value is -3.32. The van der Waals surface area contributed by atoms with Crippen LogP contribution in [0.25, 0.3) is 0 Å². The van der Waals surface area contributed by atoms with Crippen molar-refractivity contribution in [2.45, 2.75) is 25.2 Å². The predicted molar refractivity (Wildman–Crippen MR) is 122 cm³/mol. The zero-order valence-electron chi connectivity index (χ0n) is 17.8. The van der Waals surface area contributed by atoms with Gasteiger partial charge in [-0.05, 0) is 73.4 Å². The van der Waals surface area contributed by atoms with E-state index in [2.05, 4.69) is 10.0 Å². The lowest BCUT2D eigenvalue weighted by molar-refractivity contribution is 0.0954. The minimum atomic E-state index is -3.86. The molecule has 0 aliphatic heterocycles. The normalized spacial score (nSPS) is 11.1. The molecule has 1 amide bonds. The molecule has 6 nitrogen and oxygen atoms in total. The van der Waals surface area contributed by atoms with Crippen LogP contribution in [0.3, 0.4) is 0 Å². The average Bonchev–Trinajstić information content (AvgIpc) is 2.75. The number of amides is 1. The molecule has 0 aromatic heterocycles. The van der Waals surface area contributed by atoms with E-state index >= 15 is 0 Å². The van der Waals surface area contributed by atoms with Gasteiger partial charge in [0.25, 0.3) is 15.9 Å². The van der Waals surface area contributed by atoms with Crippen LogP contribution in [0.4, 0.5) is 5.69 Å². The fourth-order valence-corrected chi connectivity index (χ4v) is 4.53. The standard InChI is InChI=1S/C24H26N2O4S/c1-17-6-4-5-7-19(17)14-15-25-24(27)20-9-8-18(2)23(16-20)31(28,29)26-21-10-12-22(30-3)13-11-21/h4-13,16,26H,14-15H2,1-3H3,(H,25,27). The van der Waals surface area contributed by atoms with E-state index in [1.54, 1.807) is 50.4 Å². The van der Waals surface area contributed by atoms with Gasteiger partial charge in [-0.15, -0.1) is 0 Å². The molecule has 0 bridgehead atoms. The number of rotatable bonds is 8. The van der Waals surface area contributed by atoms with E-state index in [4.69, 9.17) is 4.74 Å². The Morgan fingerprint density at radius 1 is 0.935 bits per heavy atom. The first-order valence-corrected chi connectivity index (χ1v) is 11.4. The van der Waals surface area contributed by atoms with Crippen LogP contribution in [0.2, 0.25) is 0 Å². The number of anilines is 1. The molecule has 0 heterocycles. The van der Waals surface area contributed by atoms with E-state index in [0.717, 1.165) is 0 Å². The zero-order valence-corrected chi connectivity index (χ0v) is 18.6. The van der Waals surface area contributed by atoms with Crippen molar-refractivity contribution in [2.24, 2.45) is 0 Å². The third kappa shape index (κ3) is 5.64. The third-order valence-corrected chi connectivity index (χ3v) is 6.55. The summed E-state index contributed by atoms with van der Waals surface area (Å²) in [4.78, 5) is 12.7. The molecule has 2 N–H and O–H groups in total. The highest BCUT2D eigenvalue weighted by Gasteiger charge is 2.19. The highest BCUT2D eigenvalue weighted by molar-refractivity contribution is 7.92. The van der Waals surface area contributed by atoms with Crippen LogP contribution in [0.1, 0.15) is 27.0 Å². The van der Waals surface area contributed by atoms with Gasteiger partial charge in [-0.2, -0.15) is 0 Å². The first-order valence-electron chi connectivity index (χ1n) is 9.90. The molecule has 31 heavy (non-hydrogen) atoms. The molecule has 162 valence electrons. The lowest BCUT2D eigenvalue weighted by atomic mass is 10.1. The number of hydrogen-bond donors (Lipinski definition) is 2. The Morgan fingerprint density at radius 2 is 1.65 bits per heavy atom. The molecule has 0 unspecified atom stereocenters. The van der Waals surface area contributed by atoms with Gasteiger partial charge in [0.05, 0.1) is 12.0 Å². The van der Waals surface area contributed by atoms with Gasteiger partial charge in [0, 0.05) is 17.8 Å². The fraction of sp³-hybridized carbons (Fsp3) is 0.208. The van der Waals surface area contributed by atoms with Gasteiger partial charge in [0.2, 0.25) is 0 Å². The van der Waals surface area contributed by atoms with Gasteiger partial charge < -0.3 is 10.1 Å². The van der Waals surface area contributed by atoms with Crippen LogP contribution in [-0.2, 0) is 16.4 Å².